The largest absolute Gasteiger partial charge is 0.472 e. The SMILES string of the molecule is O=C(c1nc2c(C(F)(F)F)cc(-c3ccoc3)cn2c1Cl)N1CCN(C2CCOCC2)C(=O)C1. The van der Waals surface area contributed by atoms with E-state index >= 15 is 0 Å². The molecule has 0 unspecified atom stereocenters. The van der Waals surface area contributed by atoms with Crippen LogP contribution in [0.3, 0.4) is 0 Å². The molecule has 8 nitrogen and oxygen atoms in total. The van der Waals surface area contributed by atoms with Gasteiger partial charge in [0.15, 0.2) is 11.3 Å². The molecule has 3 aromatic rings. The lowest BCUT2D eigenvalue weighted by Gasteiger charge is -2.40. The van der Waals surface area contributed by atoms with Crippen molar-refractivity contribution < 1.29 is 31.9 Å². The number of carbonyl (C=O) groups excluding carboxylic acids is 2. The summed E-state index contributed by atoms with van der Waals surface area (Å²) in [6, 6.07) is 2.52. The first-order valence-electron chi connectivity index (χ1n) is 10.7. The van der Waals surface area contributed by atoms with E-state index in [1.54, 1.807) is 4.90 Å². The number of rotatable bonds is 3. The predicted molar refractivity (Wildman–Crippen MR) is 114 cm³/mol. The van der Waals surface area contributed by atoms with Crippen molar-refractivity contribution in [2.75, 3.05) is 32.8 Å². The Morgan fingerprint density at radius 1 is 1.18 bits per heavy atom. The molecule has 5 rings (SSSR count). The Hall–Kier alpha value is -3.05. The smallest absolute Gasteiger partial charge is 0.420 e. The molecule has 0 bridgehead atoms. The molecule has 0 spiro atoms. The van der Waals surface area contributed by atoms with E-state index in [0.29, 0.717) is 25.3 Å². The fourth-order valence-electron chi connectivity index (χ4n) is 4.44. The summed E-state index contributed by atoms with van der Waals surface area (Å²) in [5.74, 6) is -0.906. The highest BCUT2D eigenvalue weighted by molar-refractivity contribution is 6.33. The molecule has 2 fully saturated rings. The topological polar surface area (TPSA) is 80.3 Å². The van der Waals surface area contributed by atoms with E-state index in [9.17, 15) is 22.8 Å². The quantitative estimate of drug-likeness (QED) is 0.552. The van der Waals surface area contributed by atoms with Crippen LogP contribution in [0, 0.1) is 0 Å². The first-order valence-corrected chi connectivity index (χ1v) is 11.1. The normalized spacial score (nSPS) is 18.2. The molecule has 2 aliphatic heterocycles. The number of aromatic nitrogens is 2. The Kier molecular flexibility index (Phi) is 5.76. The second-order valence-corrected chi connectivity index (χ2v) is 8.61. The molecular weight excluding hydrogens is 477 g/mol. The number of pyridine rings is 1. The van der Waals surface area contributed by atoms with Gasteiger partial charge in [-0.2, -0.15) is 13.2 Å². The van der Waals surface area contributed by atoms with Gasteiger partial charge in [0, 0.05) is 49.7 Å². The second-order valence-electron chi connectivity index (χ2n) is 8.25. The van der Waals surface area contributed by atoms with Crippen molar-refractivity contribution in [2.45, 2.75) is 25.1 Å². The van der Waals surface area contributed by atoms with Gasteiger partial charge in [-0.25, -0.2) is 4.98 Å². The molecule has 0 saturated carbocycles. The maximum atomic E-state index is 13.8. The maximum absolute atomic E-state index is 13.8. The van der Waals surface area contributed by atoms with Crippen molar-refractivity contribution in [3.63, 3.8) is 0 Å². The van der Waals surface area contributed by atoms with Crippen molar-refractivity contribution in [1.82, 2.24) is 19.2 Å². The number of carbonyl (C=O) groups is 2. The van der Waals surface area contributed by atoms with Gasteiger partial charge in [0.1, 0.15) is 11.7 Å². The monoisotopic (exact) mass is 496 g/mol. The van der Waals surface area contributed by atoms with Crippen LogP contribution in [0.15, 0.2) is 35.3 Å². The van der Waals surface area contributed by atoms with Crippen molar-refractivity contribution in [3.05, 3.63) is 47.3 Å². The van der Waals surface area contributed by atoms with E-state index in [1.165, 1.54) is 29.7 Å². The number of halogens is 4. The molecule has 3 aromatic heterocycles. The van der Waals surface area contributed by atoms with Gasteiger partial charge < -0.3 is 19.0 Å². The number of furan rings is 1. The van der Waals surface area contributed by atoms with E-state index in [4.69, 9.17) is 20.8 Å². The van der Waals surface area contributed by atoms with Crippen LogP contribution in [0.4, 0.5) is 13.2 Å². The van der Waals surface area contributed by atoms with Crippen LogP contribution in [0.1, 0.15) is 28.9 Å². The molecule has 2 amide bonds. The van der Waals surface area contributed by atoms with Crippen molar-refractivity contribution in [3.8, 4) is 11.1 Å². The third-order valence-electron chi connectivity index (χ3n) is 6.20. The fourth-order valence-corrected chi connectivity index (χ4v) is 4.69. The number of fused-ring (bicyclic) bond motifs is 1. The zero-order valence-electron chi connectivity index (χ0n) is 17.8. The van der Waals surface area contributed by atoms with Gasteiger partial charge in [-0.3, -0.25) is 14.0 Å². The van der Waals surface area contributed by atoms with Crippen LogP contribution in [-0.2, 0) is 15.7 Å². The minimum atomic E-state index is -4.73. The second kappa shape index (κ2) is 8.62. The maximum Gasteiger partial charge on any atom is 0.420 e. The molecule has 0 radical (unpaired) electrons. The van der Waals surface area contributed by atoms with Gasteiger partial charge in [-0.15, -0.1) is 0 Å². The zero-order valence-corrected chi connectivity index (χ0v) is 18.6. The lowest BCUT2D eigenvalue weighted by molar-refractivity contribution is -0.139. The fraction of sp³-hybridized carbons (Fsp3) is 0.409. The molecule has 0 aliphatic carbocycles. The Bertz CT molecular complexity index is 1240. The molecule has 0 N–H and O–H groups in total. The van der Waals surface area contributed by atoms with Crippen LogP contribution in [-0.4, -0.2) is 69.9 Å². The minimum absolute atomic E-state index is 0.0629. The predicted octanol–water partition coefficient (Wildman–Crippen LogP) is 3.73. The number of hydrogen-bond donors (Lipinski definition) is 0. The third kappa shape index (κ3) is 4.03. The molecule has 2 aliphatic rings. The van der Waals surface area contributed by atoms with E-state index in [-0.39, 0.29) is 41.4 Å². The summed E-state index contributed by atoms with van der Waals surface area (Å²) < 4.78 is 52.9. The molecule has 34 heavy (non-hydrogen) atoms. The summed E-state index contributed by atoms with van der Waals surface area (Å²) >= 11 is 6.37. The van der Waals surface area contributed by atoms with Gasteiger partial charge in [0.2, 0.25) is 5.91 Å². The molecule has 180 valence electrons. The lowest BCUT2D eigenvalue weighted by Crippen LogP contribution is -2.56. The summed E-state index contributed by atoms with van der Waals surface area (Å²) in [6.07, 6.45) is 0.751. The highest BCUT2D eigenvalue weighted by atomic mass is 35.5. The Morgan fingerprint density at radius 2 is 1.94 bits per heavy atom. The highest BCUT2D eigenvalue weighted by Crippen LogP contribution is 2.37. The van der Waals surface area contributed by atoms with Crippen LogP contribution in [0.25, 0.3) is 16.8 Å². The van der Waals surface area contributed by atoms with Gasteiger partial charge in [-0.1, -0.05) is 11.6 Å². The molecule has 0 aromatic carbocycles. The van der Waals surface area contributed by atoms with E-state index in [1.807, 2.05) is 0 Å². The van der Waals surface area contributed by atoms with Crippen molar-refractivity contribution in [1.29, 1.82) is 0 Å². The molecule has 12 heteroatoms. The molecule has 2 saturated heterocycles. The van der Waals surface area contributed by atoms with Crippen molar-refractivity contribution in [2.24, 2.45) is 0 Å². The minimum Gasteiger partial charge on any atom is -0.472 e. The standard InChI is InChI=1S/C22H20ClF3N4O4/c23-19-18(21(32)28-4-5-29(17(31)11-28)15-2-7-33-8-3-15)27-20-16(22(24,25)26)9-14(10-30(19)20)13-1-6-34-12-13/h1,6,9-10,12,15H,2-5,7-8,11H2. The molecule has 0 atom stereocenters. The van der Waals surface area contributed by atoms with Gasteiger partial charge in [0.05, 0.1) is 18.1 Å². The van der Waals surface area contributed by atoms with E-state index in [2.05, 4.69) is 4.98 Å². The third-order valence-corrected chi connectivity index (χ3v) is 6.56. The zero-order chi connectivity index (χ0) is 24.0. The van der Waals surface area contributed by atoms with Crippen molar-refractivity contribution >= 4 is 29.1 Å². The van der Waals surface area contributed by atoms with E-state index in [0.717, 1.165) is 23.3 Å². The Labute approximate surface area is 196 Å². The summed E-state index contributed by atoms with van der Waals surface area (Å²) in [7, 11) is 0. The summed E-state index contributed by atoms with van der Waals surface area (Å²) in [5.41, 5.74) is -1.23. The van der Waals surface area contributed by atoms with Crippen LogP contribution in [0.5, 0.6) is 0 Å². The lowest BCUT2D eigenvalue weighted by atomic mass is 10.1. The van der Waals surface area contributed by atoms with Crippen LogP contribution >= 0.6 is 11.6 Å². The first-order chi connectivity index (χ1) is 16.2. The van der Waals surface area contributed by atoms with Crippen LogP contribution in [0.2, 0.25) is 5.15 Å². The average molecular weight is 497 g/mol. The summed E-state index contributed by atoms with van der Waals surface area (Å²) in [4.78, 5) is 32.9. The summed E-state index contributed by atoms with van der Waals surface area (Å²) in [5, 5.41) is -0.254. The number of alkyl halides is 3. The first kappa shape index (κ1) is 22.7. The van der Waals surface area contributed by atoms with E-state index < -0.39 is 23.3 Å². The number of amides is 2. The Morgan fingerprint density at radius 3 is 2.59 bits per heavy atom. The number of hydrogen-bond acceptors (Lipinski definition) is 5. The highest BCUT2D eigenvalue weighted by Gasteiger charge is 2.38. The number of piperazine rings is 1. The average Bonchev–Trinajstić information content (AvgIpc) is 3.46. The Balaban J connectivity index is 1.46. The number of nitrogens with zero attached hydrogens (tertiary/aromatic N) is 4. The number of ether oxygens (including phenoxy) is 1. The molecular formula is C22H20ClF3N4O4. The van der Waals surface area contributed by atoms with Gasteiger partial charge >= 0.3 is 6.18 Å². The van der Waals surface area contributed by atoms with Crippen LogP contribution < -0.4 is 0 Å². The van der Waals surface area contributed by atoms with Gasteiger partial charge in [-0.05, 0) is 25.0 Å². The summed E-state index contributed by atoms with van der Waals surface area (Å²) in [6.45, 7) is 1.54. The van der Waals surface area contributed by atoms with Gasteiger partial charge in [0.25, 0.3) is 5.91 Å². The number of imidazole rings is 1. The molecule has 5 heterocycles.